The second kappa shape index (κ2) is 13.7. The van der Waals surface area contributed by atoms with Crippen LogP contribution in [0.4, 0.5) is 5.69 Å². The number of nitrogens with zero attached hydrogens (tertiary/aromatic N) is 2. The topological polar surface area (TPSA) is 183 Å². The molecule has 5 N–H and O–H groups in total. The third-order valence-electron chi connectivity index (χ3n) is 5.17. The van der Waals surface area contributed by atoms with Gasteiger partial charge < -0.3 is 31.1 Å². The summed E-state index contributed by atoms with van der Waals surface area (Å²) in [5.41, 5.74) is 1.80. The predicted octanol–water partition coefficient (Wildman–Crippen LogP) is 0.808. The molecule has 0 aliphatic heterocycles. The van der Waals surface area contributed by atoms with Gasteiger partial charge in [-0.05, 0) is 35.9 Å². The molecule has 13 heteroatoms. The molecule has 198 valence electrons. The van der Waals surface area contributed by atoms with Gasteiger partial charge in [-0.15, -0.1) is 11.3 Å². The third-order valence-corrected chi connectivity index (χ3v) is 6.09. The largest absolute Gasteiger partial charge is 0.508 e. The van der Waals surface area contributed by atoms with Crippen LogP contribution in [0.2, 0.25) is 0 Å². The van der Waals surface area contributed by atoms with Crippen molar-refractivity contribution < 1.29 is 29.0 Å². The zero-order valence-electron chi connectivity index (χ0n) is 20.4. The van der Waals surface area contributed by atoms with E-state index in [0.29, 0.717) is 21.8 Å². The SMILES string of the molecule is COCC(=O)NCCC(=O)N[C@@H](Cc1ccc(O)cc1)C(=O)NCC(=O)Nc1ccc2nc(C#N)sc2c1. The van der Waals surface area contributed by atoms with Crippen molar-refractivity contribution in [2.45, 2.75) is 18.9 Å². The van der Waals surface area contributed by atoms with Crippen molar-refractivity contribution in [2.75, 3.05) is 32.1 Å². The summed E-state index contributed by atoms with van der Waals surface area (Å²) < 4.78 is 5.44. The summed E-state index contributed by atoms with van der Waals surface area (Å²) in [6.45, 7) is -0.420. The van der Waals surface area contributed by atoms with Crippen molar-refractivity contribution in [1.29, 1.82) is 5.26 Å². The zero-order chi connectivity index (χ0) is 27.5. The number of aromatic hydroxyl groups is 1. The first-order chi connectivity index (χ1) is 18.3. The van der Waals surface area contributed by atoms with Crippen LogP contribution in [0.25, 0.3) is 10.2 Å². The number of rotatable bonds is 12. The van der Waals surface area contributed by atoms with Crippen molar-refractivity contribution in [3.8, 4) is 11.8 Å². The molecule has 0 radical (unpaired) electrons. The molecule has 0 unspecified atom stereocenters. The molecule has 0 aliphatic rings. The van der Waals surface area contributed by atoms with Crippen LogP contribution < -0.4 is 21.3 Å². The maximum atomic E-state index is 12.9. The Bertz CT molecular complexity index is 1350. The van der Waals surface area contributed by atoms with Gasteiger partial charge in [0.15, 0.2) is 5.01 Å². The van der Waals surface area contributed by atoms with E-state index in [1.165, 1.54) is 30.6 Å². The van der Waals surface area contributed by atoms with Gasteiger partial charge in [-0.25, -0.2) is 4.98 Å². The Hall–Kier alpha value is -4.54. The van der Waals surface area contributed by atoms with E-state index in [9.17, 15) is 24.3 Å². The lowest BCUT2D eigenvalue weighted by Crippen LogP contribution is -2.50. The van der Waals surface area contributed by atoms with E-state index in [4.69, 9.17) is 10.00 Å². The number of ether oxygens (including phenoxy) is 1. The first-order valence-corrected chi connectivity index (χ1v) is 12.3. The molecular formula is C25H26N6O6S. The summed E-state index contributed by atoms with van der Waals surface area (Å²) in [4.78, 5) is 53.4. The summed E-state index contributed by atoms with van der Waals surface area (Å²) in [5, 5.41) is 29.2. The van der Waals surface area contributed by atoms with E-state index in [0.717, 1.165) is 4.70 Å². The van der Waals surface area contributed by atoms with E-state index in [1.807, 2.05) is 6.07 Å². The van der Waals surface area contributed by atoms with Gasteiger partial charge in [0.2, 0.25) is 23.6 Å². The molecule has 1 heterocycles. The first-order valence-electron chi connectivity index (χ1n) is 11.5. The highest BCUT2D eigenvalue weighted by atomic mass is 32.1. The summed E-state index contributed by atoms with van der Waals surface area (Å²) in [7, 11) is 1.38. The Labute approximate surface area is 222 Å². The summed E-state index contributed by atoms with van der Waals surface area (Å²) in [5.74, 6) is -1.85. The van der Waals surface area contributed by atoms with Crippen molar-refractivity contribution in [2.24, 2.45) is 0 Å². The van der Waals surface area contributed by atoms with Crippen molar-refractivity contribution in [1.82, 2.24) is 20.9 Å². The number of anilines is 1. The minimum absolute atomic E-state index is 0.0580. The van der Waals surface area contributed by atoms with Crippen LogP contribution in [0.3, 0.4) is 0 Å². The van der Waals surface area contributed by atoms with Crippen LogP contribution in [0.5, 0.6) is 5.75 Å². The summed E-state index contributed by atoms with van der Waals surface area (Å²) in [6.07, 6.45) is 0.0433. The molecule has 1 atom stereocenters. The smallest absolute Gasteiger partial charge is 0.245 e. The molecule has 2 aromatic carbocycles. The molecule has 0 aliphatic carbocycles. The van der Waals surface area contributed by atoms with Gasteiger partial charge in [-0.2, -0.15) is 5.26 Å². The number of carbonyl (C=O) groups is 4. The van der Waals surface area contributed by atoms with E-state index >= 15 is 0 Å². The maximum absolute atomic E-state index is 12.9. The molecule has 0 spiro atoms. The number of phenols is 1. The molecule has 1 aromatic heterocycles. The molecule has 3 rings (SSSR count). The minimum Gasteiger partial charge on any atom is -0.508 e. The normalized spacial score (nSPS) is 11.3. The molecule has 0 saturated heterocycles. The predicted molar refractivity (Wildman–Crippen MR) is 139 cm³/mol. The summed E-state index contributed by atoms with van der Waals surface area (Å²) >= 11 is 1.20. The Kier molecular flexibility index (Phi) is 10.1. The second-order valence-electron chi connectivity index (χ2n) is 8.10. The van der Waals surface area contributed by atoms with Gasteiger partial charge in [-0.3, -0.25) is 19.2 Å². The molecule has 3 aromatic rings. The number of hydrogen-bond donors (Lipinski definition) is 5. The van der Waals surface area contributed by atoms with E-state index in [-0.39, 0.29) is 44.2 Å². The van der Waals surface area contributed by atoms with Crippen molar-refractivity contribution in [3.63, 3.8) is 0 Å². The van der Waals surface area contributed by atoms with Crippen LogP contribution >= 0.6 is 11.3 Å². The monoisotopic (exact) mass is 538 g/mol. The molecule has 0 fully saturated rings. The quantitative estimate of drug-likeness (QED) is 0.224. The number of amides is 4. The number of methoxy groups -OCH3 is 1. The maximum Gasteiger partial charge on any atom is 0.245 e. The lowest BCUT2D eigenvalue weighted by atomic mass is 10.0. The molecule has 0 bridgehead atoms. The number of thiazole rings is 1. The fourth-order valence-electron chi connectivity index (χ4n) is 3.39. The Morgan fingerprint density at radius 3 is 2.55 bits per heavy atom. The van der Waals surface area contributed by atoms with Gasteiger partial charge in [0, 0.05) is 32.2 Å². The number of fused-ring (bicyclic) bond motifs is 1. The number of nitrogens with one attached hydrogen (secondary N) is 4. The minimum atomic E-state index is -1.01. The van der Waals surface area contributed by atoms with Gasteiger partial charge in [0.25, 0.3) is 0 Å². The second-order valence-corrected chi connectivity index (χ2v) is 9.13. The van der Waals surface area contributed by atoms with Gasteiger partial charge in [0.1, 0.15) is 24.5 Å². The molecular weight excluding hydrogens is 512 g/mol. The number of aromatic nitrogens is 1. The van der Waals surface area contributed by atoms with E-state index in [1.54, 1.807) is 30.3 Å². The van der Waals surface area contributed by atoms with Crippen molar-refractivity contribution in [3.05, 3.63) is 53.0 Å². The average molecular weight is 539 g/mol. The fourth-order valence-corrected chi connectivity index (χ4v) is 4.19. The fraction of sp³-hybridized carbons (Fsp3) is 0.280. The summed E-state index contributed by atoms with van der Waals surface area (Å²) in [6, 6.07) is 12.1. The van der Waals surface area contributed by atoms with Gasteiger partial charge in [0.05, 0.1) is 16.8 Å². The standard InChI is InChI=1S/C25H26N6O6S/c1-37-14-23(35)27-9-8-21(33)30-19(10-15-2-5-17(32)6-3-15)25(36)28-13-22(34)29-16-4-7-18-20(11-16)38-24(12-26)31-18/h2-7,11,19,32H,8-10,13-14H2,1H3,(H,27,35)(H,28,36)(H,29,34)(H,30,33)/t19-/m0/s1. The first kappa shape index (κ1) is 28.0. The molecule has 12 nitrogen and oxygen atoms in total. The van der Waals surface area contributed by atoms with Gasteiger partial charge >= 0.3 is 0 Å². The highest BCUT2D eigenvalue weighted by Crippen LogP contribution is 2.24. The van der Waals surface area contributed by atoms with Crippen LogP contribution in [0.1, 0.15) is 17.0 Å². The van der Waals surface area contributed by atoms with E-state index < -0.39 is 23.8 Å². The van der Waals surface area contributed by atoms with Crippen LogP contribution in [0, 0.1) is 11.3 Å². The van der Waals surface area contributed by atoms with Crippen LogP contribution in [-0.4, -0.2) is 66.6 Å². The Morgan fingerprint density at radius 1 is 1.08 bits per heavy atom. The number of phenolic OH excluding ortho intramolecular Hbond substituents is 1. The van der Waals surface area contributed by atoms with E-state index in [2.05, 4.69) is 26.3 Å². The highest BCUT2D eigenvalue weighted by Gasteiger charge is 2.22. The third kappa shape index (κ3) is 8.54. The number of carbonyl (C=O) groups excluding carboxylic acids is 4. The van der Waals surface area contributed by atoms with Crippen LogP contribution in [-0.2, 0) is 30.3 Å². The molecule has 38 heavy (non-hydrogen) atoms. The Balaban J connectivity index is 1.57. The average Bonchev–Trinajstić information content (AvgIpc) is 3.31. The lowest BCUT2D eigenvalue weighted by Gasteiger charge is -2.19. The number of hydrogen-bond acceptors (Lipinski definition) is 9. The zero-order valence-corrected chi connectivity index (χ0v) is 21.3. The van der Waals surface area contributed by atoms with Crippen molar-refractivity contribution >= 4 is 50.9 Å². The van der Waals surface area contributed by atoms with Crippen LogP contribution in [0.15, 0.2) is 42.5 Å². The van der Waals surface area contributed by atoms with Gasteiger partial charge in [-0.1, -0.05) is 12.1 Å². The number of benzene rings is 2. The highest BCUT2D eigenvalue weighted by molar-refractivity contribution is 7.19. The number of nitriles is 1. The lowest BCUT2D eigenvalue weighted by molar-refractivity contribution is -0.130. The molecule has 0 saturated carbocycles. The Morgan fingerprint density at radius 2 is 1.84 bits per heavy atom. The molecule has 4 amide bonds.